The molecule has 1 radical (unpaired) electrons. The van der Waals surface area contributed by atoms with E-state index in [2.05, 4.69) is 20.8 Å². The van der Waals surface area contributed by atoms with E-state index in [-0.39, 0.29) is 12.2 Å². The fraction of sp³-hybridized carbons (Fsp3) is 1.00. The van der Waals surface area contributed by atoms with E-state index in [1.54, 1.807) is 0 Å². The topological polar surface area (TPSA) is 29.1 Å². The normalized spacial score (nSPS) is 12.0. The van der Waals surface area contributed by atoms with Crippen LogP contribution in [-0.4, -0.2) is 18.8 Å². The van der Waals surface area contributed by atoms with E-state index in [4.69, 9.17) is 4.74 Å². The highest BCUT2D eigenvalue weighted by Gasteiger charge is 2.15. The van der Waals surface area contributed by atoms with Gasteiger partial charge < -0.3 is 4.74 Å². The van der Waals surface area contributed by atoms with E-state index in [1.807, 2.05) is 0 Å². The molecule has 0 aliphatic rings. The first-order chi connectivity index (χ1) is 6.12. The first kappa shape index (κ1) is 12.9. The van der Waals surface area contributed by atoms with Gasteiger partial charge in [0.2, 0.25) is 0 Å². The van der Waals surface area contributed by atoms with Crippen molar-refractivity contribution in [2.24, 2.45) is 0 Å². The van der Waals surface area contributed by atoms with E-state index >= 15 is 0 Å². The van der Waals surface area contributed by atoms with Crippen LogP contribution < -0.4 is 0 Å². The highest BCUT2D eigenvalue weighted by molar-refractivity contribution is 4.66. The van der Waals surface area contributed by atoms with Crippen LogP contribution in [-0.2, 0) is 9.84 Å². The zero-order chi connectivity index (χ0) is 10.2. The average molecular weight is 187 g/mol. The molecule has 0 N–H and O–H groups in total. The van der Waals surface area contributed by atoms with Crippen molar-refractivity contribution in [1.82, 2.24) is 0 Å². The van der Waals surface area contributed by atoms with Crippen LogP contribution in [0.4, 0.5) is 0 Å². The lowest BCUT2D eigenvalue weighted by atomic mass is 10.0. The summed E-state index contributed by atoms with van der Waals surface area (Å²) < 4.78 is 5.71. The van der Waals surface area contributed by atoms with Crippen molar-refractivity contribution in [3.8, 4) is 0 Å². The molecule has 79 valence electrons. The lowest BCUT2D eigenvalue weighted by Gasteiger charge is -2.24. The minimum absolute atomic E-state index is 0.0201. The highest BCUT2D eigenvalue weighted by atomic mass is 16.5. The Morgan fingerprint density at radius 1 is 1.15 bits per heavy atom. The van der Waals surface area contributed by atoms with Crippen LogP contribution in [0.25, 0.3) is 0 Å². The third-order valence-electron chi connectivity index (χ3n) is 2.13. The Morgan fingerprint density at radius 3 is 2.38 bits per heavy atom. The largest absolute Gasteiger partial charge is 0.376 e. The zero-order valence-corrected chi connectivity index (χ0v) is 9.27. The van der Waals surface area contributed by atoms with Gasteiger partial charge in [0.15, 0.2) is 0 Å². The first-order valence-electron chi connectivity index (χ1n) is 5.34. The van der Waals surface area contributed by atoms with Crippen LogP contribution in [0, 0.1) is 0 Å². The van der Waals surface area contributed by atoms with Gasteiger partial charge in [-0.1, -0.05) is 13.3 Å². The third-order valence-corrected chi connectivity index (χ3v) is 2.13. The maximum absolute atomic E-state index is 10.2. The Kier molecular flexibility index (Phi) is 7.29. The van der Waals surface area contributed by atoms with Crippen molar-refractivity contribution in [3.63, 3.8) is 0 Å². The maximum atomic E-state index is 10.2. The fourth-order valence-corrected chi connectivity index (χ4v) is 1.40. The van der Waals surface area contributed by atoms with Crippen LogP contribution in [0.2, 0.25) is 0 Å². The number of rotatable bonds is 8. The van der Waals surface area contributed by atoms with Crippen LogP contribution >= 0.6 is 0 Å². The zero-order valence-electron chi connectivity index (χ0n) is 9.27. The number of hydrogen-bond acceptors (Lipinski definition) is 1. The lowest BCUT2D eigenvalue weighted by Crippen LogP contribution is -2.24. The molecular formula is C11H23O2. The number of ether oxygens (including phenoxy) is 1. The van der Waals surface area contributed by atoms with Gasteiger partial charge in [-0.3, -0.25) is 0 Å². The van der Waals surface area contributed by atoms with E-state index in [0.29, 0.717) is 0 Å². The van der Waals surface area contributed by atoms with Gasteiger partial charge in [-0.25, -0.2) is 5.11 Å². The van der Waals surface area contributed by atoms with Crippen LogP contribution in [0.15, 0.2) is 0 Å². The molecule has 0 saturated heterocycles. The van der Waals surface area contributed by atoms with Gasteiger partial charge in [-0.05, 0) is 39.5 Å². The Hall–Kier alpha value is -0.0800. The Bertz CT molecular complexity index is 111. The summed E-state index contributed by atoms with van der Waals surface area (Å²) in [5.74, 6) is 0. The minimum atomic E-state index is 0.0201. The minimum Gasteiger partial charge on any atom is -0.376 e. The summed E-state index contributed by atoms with van der Waals surface area (Å²) in [7, 11) is 0. The van der Waals surface area contributed by atoms with E-state index in [1.165, 1.54) is 0 Å². The van der Waals surface area contributed by atoms with Gasteiger partial charge in [0.25, 0.3) is 0 Å². The van der Waals surface area contributed by atoms with Crippen molar-refractivity contribution >= 4 is 0 Å². The van der Waals surface area contributed by atoms with Crippen molar-refractivity contribution in [3.05, 3.63) is 0 Å². The van der Waals surface area contributed by atoms with E-state index < -0.39 is 0 Å². The third kappa shape index (κ3) is 8.26. The molecule has 0 spiro atoms. The van der Waals surface area contributed by atoms with Crippen molar-refractivity contribution in [2.45, 2.75) is 58.5 Å². The molecule has 2 nitrogen and oxygen atoms in total. The van der Waals surface area contributed by atoms with Gasteiger partial charge in [-0.2, -0.15) is 0 Å². The lowest BCUT2D eigenvalue weighted by molar-refractivity contribution is -0.0258. The van der Waals surface area contributed by atoms with E-state index in [9.17, 15) is 5.11 Å². The molecular weight excluding hydrogens is 164 g/mol. The molecule has 0 fully saturated rings. The molecule has 0 unspecified atom stereocenters. The molecule has 0 atom stereocenters. The molecule has 0 bridgehead atoms. The summed E-state index contributed by atoms with van der Waals surface area (Å²) in [6.45, 7) is 7.28. The standard InChI is InChI=1S/C11H23O2/c1-4-8-11(2,3)13-10-7-5-6-9-12/h4-10H2,1-3H3. The highest BCUT2D eigenvalue weighted by Crippen LogP contribution is 2.16. The summed E-state index contributed by atoms with van der Waals surface area (Å²) in [5.41, 5.74) is 0.0201. The predicted octanol–water partition coefficient (Wildman–Crippen LogP) is 3.18. The summed E-state index contributed by atoms with van der Waals surface area (Å²) in [4.78, 5) is 0. The molecule has 0 heterocycles. The number of hydrogen-bond donors (Lipinski definition) is 0. The summed E-state index contributed by atoms with van der Waals surface area (Å²) in [5, 5.41) is 10.2. The first-order valence-corrected chi connectivity index (χ1v) is 5.34. The predicted molar refractivity (Wildman–Crippen MR) is 54.3 cm³/mol. The molecule has 2 heteroatoms. The summed E-state index contributed by atoms with van der Waals surface area (Å²) >= 11 is 0. The second-order valence-electron chi connectivity index (χ2n) is 4.12. The molecule has 0 aromatic heterocycles. The van der Waals surface area contributed by atoms with E-state index in [0.717, 1.165) is 38.7 Å². The fourth-order valence-electron chi connectivity index (χ4n) is 1.40. The second-order valence-corrected chi connectivity index (χ2v) is 4.12. The molecule has 13 heavy (non-hydrogen) atoms. The smallest absolute Gasteiger partial charge is 0.0822 e. The Balaban J connectivity index is 3.29. The van der Waals surface area contributed by atoms with Gasteiger partial charge in [0.1, 0.15) is 0 Å². The van der Waals surface area contributed by atoms with Crippen LogP contribution in [0.5, 0.6) is 0 Å². The molecule has 0 saturated carbocycles. The summed E-state index contributed by atoms with van der Waals surface area (Å²) in [6.07, 6.45) is 5.08. The molecule has 0 aliphatic heterocycles. The Labute approximate surface area is 82.3 Å². The second kappa shape index (κ2) is 7.34. The summed E-state index contributed by atoms with van der Waals surface area (Å²) in [6, 6.07) is 0. The molecule has 0 aliphatic carbocycles. The van der Waals surface area contributed by atoms with Crippen molar-refractivity contribution in [2.75, 3.05) is 13.2 Å². The van der Waals surface area contributed by atoms with Crippen molar-refractivity contribution < 1.29 is 9.84 Å². The molecule has 0 amide bonds. The van der Waals surface area contributed by atoms with Crippen LogP contribution in [0.1, 0.15) is 52.9 Å². The molecule has 0 aromatic carbocycles. The monoisotopic (exact) mass is 187 g/mol. The van der Waals surface area contributed by atoms with Gasteiger partial charge in [0.05, 0.1) is 12.2 Å². The maximum Gasteiger partial charge on any atom is 0.0822 e. The quantitative estimate of drug-likeness (QED) is 0.536. The molecule has 0 rings (SSSR count). The van der Waals surface area contributed by atoms with Crippen LogP contribution in [0.3, 0.4) is 0 Å². The average Bonchev–Trinajstić information content (AvgIpc) is 2.04. The van der Waals surface area contributed by atoms with Gasteiger partial charge >= 0.3 is 0 Å². The Morgan fingerprint density at radius 2 is 1.85 bits per heavy atom. The number of unbranched alkanes of at least 4 members (excludes halogenated alkanes) is 2. The van der Waals surface area contributed by atoms with Crippen molar-refractivity contribution in [1.29, 1.82) is 0 Å². The van der Waals surface area contributed by atoms with Gasteiger partial charge in [0, 0.05) is 6.61 Å². The SMILES string of the molecule is CCCC(C)(C)OCCCCC[O]. The van der Waals surface area contributed by atoms with Gasteiger partial charge in [-0.15, -0.1) is 0 Å². The molecule has 0 aromatic rings.